The highest BCUT2D eigenvalue weighted by Crippen LogP contribution is 2.22. The number of nitrogens with zero attached hydrogens (tertiary/aromatic N) is 1. The zero-order valence-electron chi connectivity index (χ0n) is 12.7. The second-order valence-electron chi connectivity index (χ2n) is 6.34. The van der Waals surface area contributed by atoms with E-state index in [1.165, 1.54) is 38.5 Å². The van der Waals surface area contributed by atoms with Crippen LogP contribution in [-0.4, -0.2) is 35.3 Å². The second kappa shape index (κ2) is 7.65. The smallest absolute Gasteiger partial charge is 0.239 e. The van der Waals surface area contributed by atoms with Crippen molar-refractivity contribution in [2.75, 3.05) is 6.54 Å². The van der Waals surface area contributed by atoms with Crippen LogP contribution in [0.5, 0.6) is 0 Å². The fraction of sp³-hybridized carbons (Fsp3) is 0.875. The molecular weight excluding hydrogens is 252 g/mol. The van der Waals surface area contributed by atoms with Crippen molar-refractivity contribution in [1.82, 2.24) is 10.2 Å². The van der Waals surface area contributed by atoms with Crippen LogP contribution in [0.2, 0.25) is 0 Å². The summed E-state index contributed by atoms with van der Waals surface area (Å²) in [6.07, 6.45) is 11.6. The van der Waals surface area contributed by atoms with Crippen molar-refractivity contribution < 1.29 is 9.59 Å². The van der Waals surface area contributed by atoms with E-state index in [9.17, 15) is 9.59 Å². The van der Waals surface area contributed by atoms with E-state index in [1.807, 2.05) is 0 Å². The summed E-state index contributed by atoms with van der Waals surface area (Å²) < 4.78 is 0. The molecule has 0 unspecified atom stereocenters. The van der Waals surface area contributed by atoms with Gasteiger partial charge in [-0.15, -0.1) is 0 Å². The van der Waals surface area contributed by atoms with Gasteiger partial charge < -0.3 is 10.2 Å². The van der Waals surface area contributed by atoms with Gasteiger partial charge in [-0.1, -0.05) is 38.5 Å². The minimum atomic E-state index is 0.0244. The van der Waals surface area contributed by atoms with Crippen molar-refractivity contribution in [2.45, 2.75) is 83.2 Å². The molecular formula is C16H28N2O2. The molecule has 2 fully saturated rings. The molecule has 2 rings (SSSR count). The Hall–Kier alpha value is -1.06. The van der Waals surface area contributed by atoms with E-state index in [1.54, 1.807) is 11.8 Å². The molecule has 4 nitrogen and oxygen atoms in total. The Morgan fingerprint density at radius 1 is 0.950 bits per heavy atom. The van der Waals surface area contributed by atoms with E-state index in [0.29, 0.717) is 6.04 Å². The first-order valence-corrected chi connectivity index (χ1v) is 8.23. The molecule has 0 aromatic carbocycles. The summed E-state index contributed by atoms with van der Waals surface area (Å²) in [5, 5.41) is 3.09. The van der Waals surface area contributed by atoms with Gasteiger partial charge in [0.05, 0.1) is 6.54 Å². The fourth-order valence-electron chi connectivity index (χ4n) is 3.57. The van der Waals surface area contributed by atoms with Crippen LogP contribution < -0.4 is 5.32 Å². The van der Waals surface area contributed by atoms with Gasteiger partial charge in [-0.25, -0.2) is 0 Å². The van der Waals surface area contributed by atoms with Crippen molar-refractivity contribution in [3.05, 3.63) is 0 Å². The third kappa shape index (κ3) is 4.50. The summed E-state index contributed by atoms with van der Waals surface area (Å²) in [5.74, 6) is 0.0646. The molecule has 0 bridgehead atoms. The zero-order valence-corrected chi connectivity index (χ0v) is 12.7. The van der Waals surface area contributed by atoms with E-state index in [2.05, 4.69) is 5.32 Å². The van der Waals surface area contributed by atoms with Gasteiger partial charge in [0.1, 0.15) is 0 Å². The topological polar surface area (TPSA) is 49.4 Å². The van der Waals surface area contributed by atoms with Gasteiger partial charge in [0.25, 0.3) is 0 Å². The molecule has 0 aromatic heterocycles. The minimum Gasteiger partial charge on any atom is -0.352 e. The molecule has 0 radical (unpaired) electrons. The standard InChI is InChI=1S/C16H28N2O2/c1-13(19)18(15-10-4-2-3-5-11-15)12-16(20)17-14-8-6-7-9-14/h14-15H,2-12H2,1H3,(H,17,20). The Bertz CT molecular complexity index is 329. The van der Waals surface area contributed by atoms with Gasteiger partial charge >= 0.3 is 0 Å². The lowest BCUT2D eigenvalue weighted by Gasteiger charge is -2.30. The van der Waals surface area contributed by atoms with Crippen molar-refractivity contribution >= 4 is 11.8 Å². The Morgan fingerprint density at radius 3 is 2.05 bits per heavy atom. The summed E-state index contributed by atoms with van der Waals surface area (Å²) >= 11 is 0. The Kier molecular flexibility index (Phi) is 5.86. The van der Waals surface area contributed by atoms with Crippen molar-refractivity contribution in [3.63, 3.8) is 0 Å². The maximum absolute atomic E-state index is 12.1. The lowest BCUT2D eigenvalue weighted by molar-refractivity contribution is -0.137. The van der Waals surface area contributed by atoms with Crippen LogP contribution in [0.15, 0.2) is 0 Å². The molecule has 0 heterocycles. The van der Waals surface area contributed by atoms with Gasteiger partial charge in [-0.3, -0.25) is 9.59 Å². The summed E-state index contributed by atoms with van der Waals surface area (Å²) in [6.45, 7) is 1.84. The average Bonchev–Trinajstić information content (AvgIpc) is 2.76. The molecule has 0 saturated heterocycles. The highest BCUT2D eigenvalue weighted by atomic mass is 16.2. The van der Waals surface area contributed by atoms with Gasteiger partial charge in [0.2, 0.25) is 11.8 Å². The average molecular weight is 280 g/mol. The number of carbonyl (C=O) groups excluding carboxylic acids is 2. The van der Waals surface area contributed by atoms with E-state index in [0.717, 1.165) is 25.7 Å². The van der Waals surface area contributed by atoms with E-state index < -0.39 is 0 Å². The number of amides is 2. The Balaban J connectivity index is 1.86. The van der Waals surface area contributed by atoms with Gasteiger partial charge in [-0.2, -0.15) is 0 Å². The highest BCUT2D eigenvalue weighted by Gasteiger charge is 2.25. The van der Waals surface area contributed by atoms with Gasteiger partial charge in [-0.05, 0) is 25.7 Å². The Labute approximate surface area is 122 Å². The van der Waals surface area contributed by atoms with Crippen LogP contribution in [0, 0.1) is 0 Å². The molecule has 1 N–H and O–H groups in total. The maximum atomic E-state index is 12.1. The number of hydrogen-bond donors (Lipinski definition) is 1. The van der Waals surface area contributed by atoms with Crippen LogP contribution in [0.25, 0.3) is 0 Å². The third-order valence-corrected chi connectivity index (χ3v) is 4.70. The molecule has 0 aromatic rings. The molecule has 0 atom stereocenters. The quantitative estimate of drug-likeness (QED) is 0.805. The number of nitrogens with one attached hydrogen (secondary N) is 1. The lowest BCUT2D eigenvalue weighted by atomic mass is 10.1. The first-order valence-electron chi connectivity index (χ1n) is 8.23. The summed E-state index contributed by atoms with van der Waals surface area (Å²) in [4.78, 5) is 25.8. The molecule has 20 heavy (non-hydrogen) atoms. The number of hydrogen-bond acceptors (Lipinski definition) is 2. The molecule has 114 valence electrons. The normalized spacial score (nSPS) is 21.4. The molecule has 0 aliphatic heterocycles. The lowest BCUT2D eigenvalue weighted by Crippen LogP contribution is -2.47. The predicted molar refractivity (Wildman–Crippen MR) is 79.3 cm³/mol. The van der Waals surface area contributed by atoms with Crippen LogP contribution in [0.4, 0.5) is 0 Å². The van der Waals surface area contributed by atoms with Crippen LogP contribution >= 0.6 is 0 Å². The van der Waals surface area contributed by atoms with Crippen LogP contribution in [0.1, 0.15) is 71.1 Å². The summed E-state index contributed by atoms with van der Waals surface area (Å²) in [5.41, 5.74) is 0. The van der Waals surface area contributed by atoms with Crippen molar-refractivity contribution in [2.24, 2.45) is 0 Å². The third-order valence-electron chi connectivity index (χ3n) is 4.70. The largest absolute Gasteiger partial charge is 0.352 e. The SMILES string of the molecule is CC(=O)N(CC(=O)NC1CCCC1)C1CCCCCC1. The van der Waals surface area contributed by atoms with Gasteiger partial charge in [0.15, 0.2) is 0 Å². The summed E-state index contributed by atoms with van der Waals surface area (Å²) in [7, 11) is 0. The monoisotopic (exact) mass is 280 g/mol. The van der Waals surface area contributed by atoms with Crippen LogP contribution in [-0.2, 0) is 9.59 Å². The van der Waals surface area contributed by atoms with Gasteiger partial charge in [0, 0.05) is 19.0 Å². The molecule has 0 spiro atoms. The fourth-order valence-corrected chi connectivity index (χ4v) is 3.57. The van der Waals surface area contributed by atoms with E-state index in [-0.39, 0.29) is 24.4 Å². The second-order valence-corrected chi connectivity index (χ2v) is 6.34. The van der Waals surface area contributed by atoms with Crippen LogP contribution in [0.3, 0.4) is 0 Å². The Morgan fingerprint density at radius 2 is 1.50 bits per heavy atom. The maximum Gasteiger partial charge on any atom is 0.239 e. The first kappa shape index (κ1) is 15.3. The zero-order chi connectivity index (χ0) is 14.4. The molecule has 2 aliphatic carbocycles. The predicted octanol–water partition coefficient (Wildman–Crippen LogP) is 2.62. The first-order chi connectivity index (χ1) is 9.66. The highest BCUT2D eigenvalue weighted by molar-refractivity contribution is 5.84. The van der Waals surface area contributed by atoms with Crippen molar-refractivity contribution in [3.8, 4) is 0 Å². The molecule has 2 saturated carbocycles. The molecule has 2 aliphatic rings. The summed E-state index contributed by atoms with van der Waals surface area (Å²) in [6, 6.07) is 0.606. The number of carbonyl (C=O) groups is 2. The number of rotatable bonds is 4. The molecule has 4 heteroatoms. The van der Waals surface area contributed by atoms with Crippen molar-refractivity contribution in [1.29, 1.82) is 0 Å². The molecule has 2 amide bonds. The van der Waals surface area contributed by atoms with E-state index >= 15 is 0 Å². The minimum absolute atomic E-state index is 0.0244. The van der Waals surface area contributed by atoms with E-state index in [4.69, 9.17) is 0 Å².